The molecule has 14 heavy (non-hydrogen) atoms. The van der Waals surface area contributed by atoms with Gasteiger partial charge in [0.15, 0.2) is 0 Å². The third kappa shape index (κ3) is 1.04. The van der Waals surface area contributed by atoms with Gasteiger partial charge in [-0.2, -0.15) is 0 Å². The van der Waals surface area contributed by atoms with Crippen LogP contribution in [0, 0.1) is 0 Å². The molecule has 1 aromatic rings. The predicted octanol–water partition coefficient (Wildman–Crippen LogP) is 0.971. The van der Waals surface area contributed by atoms with Crippen LogP contribution in [0.15, 0.2) is 0 Å². The molecule has 6 heteroatoms. The van der Waals surface area contributed by atoms with Crippen LogP contribution in [-0.2, 0) is 24.0 Å². The Balaban J connectivity index is 2.20. The van der Waals surface area contributed by atoms with Crippen LogP contribution >= 0.6 is 11.3 Å². The van der Waals surface area contributed by atoms with Crippen LogP contribution in [0.2, 0.25) is 0 Å². The summed E-state index contributed by atoms with van der Waals surface area (Å²) in [4.78, 5) is 12.9. The molecule has 0 saturated heterocycles. The Morgan fingerprint density at radius 3 is 3.00 bits per heavy atom. The first-order chi connectivity index (χ1) is 6.75. The second-order valence-electron chi connectivity index (χ2n) is 3.36. The molecule has 1 unspecified atom stereocenters. The van der Waals surface area contributed by atoms with Crippen LogP contribution in [0.25, 0.3) is 0 Å². The molecular weight excluding hydrogens is 220 g/mol. The summed E-state index contributed by atoms with van der Waals surface area (Å²) in [6.45, 7) is 0. The van der Waals surface area contributed by atoms with Crippen LogP contribution in [0.5, 0.6) is 0 Å². The molecule has 1 atom stereocenters. The highest BCUT2D eigenvalue weighted by Crippen LogP contribution is 2.40. The van der Waals surface area contributed by atoms with Gasteiger partial charge in [0.25, 0.3) is 5.91 Å². The zero-order valence-electron chi connectivity index (χ0n) is 7.25. The summed E-state index contributed by atoms with van der Waals surface area (Å²) in [5.41, 5.74) is 1.88. The molecule has 2 heterocycles. The molecule has 1 aliphatic carbocycles. The Hall–Kier alpha value is -0.880. The zero-order chi connectivity index (χ0) is 9.71. The first kappa shape index (κ1) is 8.43. The van der Waals surface area contributed by atoms with E-state index >= 15 is 0 Å². The Morgan fingerprint density at radius 2 is 2.14 bits per heavy atom. The van der Waals surface area contributed by atoms with Gasteiger partial charge < -0.3 is 0 Å². The lowest BCUT2D eigenvalue weighted by molar-refractivity contribution is 0.0982. The third-order valence-corrected chi connectivity index (χ3v) is 4.62. The minimum atomic E-state index is -1.44. The SMILES string of the molecule is O=C1NS(=O)Nc2sc3c(c21)CCC3. The summed E-state index contributed by atoms with van der Waals surface area (Å²) in [6.07, 6.45) is 3.16. The highest BCUT2D eigenvalue weighted by atomic mass is 32.2. The molecule has 0 saturated carbocycles. The number of rotatable bonds is 0. The Kier molecular flexibility index (Phi) is 1.69. The first-order valence-electron chi connectivity index (χ1n) is 4.39. The van der Waals surface area contributed by atoms with E-state index in [9.17, 15) is 9.00 Å². The van der Waals surface area contributed by atoms with E-state index in [1.54, 1.807) is 11.3 Å². The minimum Gasteiger partial charge on any atom is -0.278 e. The summed E-state index contributed by atoms with van der Waals surface area (Å²) in [6, 6.07) is 0. The van der Waals surface area contributed by atoms with Crippen molar-refractivity contribution in [2.75, 3.05) is 4.72 Å². The fraction of sp³-hybridized carbons (Fsp3) is 0.375. The number of thiophene rings is 1. The summed E-state index contributed by atoms with van der Waals surface area (Å²) < 4.78 is 16.3. The summed E-state index contributed by atoms with van der Waals surface area (Å²) >= 11 is 0.123. The Bertz CT molecular complexity index is 452. The van der Waals surface area contributed by atoms with Crippen molar-refractivity contribution < 1.29 is 9.00 Å². The van der Waals surface area contributed by atoms with Gasteiger partial charge in [0, 0.05) is 4.88 Å². The highest BCUT2D eigenvalue weighted by Gasteiger charge is 2.30. The van der Waals surface area contributed by atoms with Gasteiger partial charge in [0.2, 0.25) is 11.2 Å². The van der Waals surface area contributed by atoms with E-state index in [0.717, 1.165) is 35.4 Å². The number of carbonyl (C=O) groups is 1. The fourth-order valence-corrected chi connectivity index (χ4v) is 4.09. The molecule has 1 aliphatic heterocycles. The molecule has 0 fully saturated rings. The maximum atomic E-state index is 11.6. The Morgan fingerprint density at radius 1 is 1.29 bits per heavy atom. The van der Waals surface area contributed by atoms with Crippen molar-refractivity contribution in [3.63, 3.8) is 0 Å². The summed E-state index contributed by atoms with van der Waals surface area (Å²) in [5.74, 6) is -0.198. The Labute approximate surface area is 87.4 Å². The number of nitrogens with one attached hydrogen (secondary N) is 2. The number of hydrogen-bond donors (Lipinski definition) is 2. The lowest BCUT2D eigenvalue weighted by Crippen LogP contribution is -2.35. The molecule has 2 aliphatic rings. The number of hydrogen-bond acceptors (Lipinski definition) is 3. The molecule has 0 radical (unpaired) electrons. The van der Waals surface area contributed by atoms with Gasteiger partial charge in [-0.05, 0) is 24.8 Å². The maximum absolute atomic E-state index is 11.6. The number of anilines is 1. The number of aryl methyl sites for hydroxylation is 1. The van der Waals surface area contributed by atoms with E-state index in [0.29, 0.717) is 0 Å². The quantitative estimate of drug-likeness (QED) is 0.695. The molecule has 1 amide bonds. The molecule has 0 spiro atoms. The van der Waals surface area contributed by atoms with E-state index < -0.39 is 11.2 Å². The van der Waals surface area contributed by atoms with Gasteiger partial charge in [-0.15, -0.1) is 11.3 Å². The second kappa shape index (κ2) is 2.80. The van der Waals surface area contributed by atoms with Gasteiger partial charge >= 0.3 is 0 Å². The maximum Gasteiger partial charge on any atom is 0.267 e. The van der Waals surface area contributed by atoms with Crippen molar-refractivity contribution >= 4 is 33.4 Å². The van der Waals surface area contributed by atoms with Gasteiger partial charge in [-0.25, -0.2) is 4.21 Å². The second-order valence-corrected chi connectivity index (χ2v) is 5.41. The van der Waals surface area contributed by atoms with E-state index in [1.807, 2.05) is 0 Å². The van der Waals surface area contributed by atoms with Crippen molar-refractivity contribution in [3.05, 3.63) is 16.0 Å². The molecular formula is C8H8N2O2S2. The first-order valence-corrected chi connectivity index (χ1v) is 6.36. The largest absolute Gasteiger partial charge is 0.278 e. The molecule has 0 bridgehead atoms. The van der Waals surface area contributed by atoms with Crippen LogP contribution in [0.4, 0.5) is 5.00 Å². The monoisotopic (exact) mass is 228 g/mol. The van der Waals surface area contributed by atoms with Crippen LogP contribution in [0.3, 0.4) is 0 Å². The highest BCUT2D eigenvalue weighted by molar-refractivity contribution is 7.85. The summed E-state index contributed by atoms with van der Waals surface area (Å²) in [5, 5.41) is 0.775. The van der Waals surface area contributed by atoms with Crippen molar-refractivity contribution in [3.8, 4) is 0 Å². The molecule has 3 rings (SSSR count). The van der Waals surface area contributed by atoms with E-state index in [2.05, 4.69) is 9.44 Å². The van der Waals surface area contributed by atoms with E-state index in [-0.39, 0.29) is 5.91 Å². The van der Waals surface area contributed by atoms with Crippen LogP contribution in [-0.4, -0.2) is 10.1 Å². The normalized spacial score (nSPS) is 23.7. The van der Waals surface area contributed by atoms with E-state index in [1.165, 1.54) is 4.88 Å². The smallest absolute Gasteiger partial charge is 0.267 e. The van der Waals surface area contributed by atoms with Gasteiger partial charge in [0.1, 0.15) is 5.00 Å². The van der Waals surface area contributed by atoms with Gasteiger partial charge in [-0.1, -0.05) is 0 Å². The van der Waals surface area contributed by atoms with Crippen molar-refractivity contribution in [1.29, 1.82) is 0 Å². The van der Waals surface area contributed by atoms with Crippen LogP contribution < -0.4 is 9.44 Å². The van der Waals surface area contributed by atoms with Gasteiger partial charge in [0.05, 0.1) is 5.56 Å². The number of carbonyl (C=O) groups excluding carboxylic acids is 1. The molecule has 0 aromatic carbocycles. The van der Waals surface area contributed by atoms with Gasteiger partial charge in [-0.3, -0.25) is 14.2 Å². The number of amides is 1. The van der Waals surface area contributed by atoms with Crippen molar-refractivity contribution in [1.82, 2.24) is 4.72 Å². The standard InChI is InChI=1S/C8H8N2O2S2/c11-7-6-4-2-1-3-5(4)13-8(6)10-14(12)9-7/h10H,1-3H2,(H,9,11). The zero-order valence-corrected chi connectivity index (χ0v) is 8.89. The van der Waals surface area contributed by atoms with Crippen LogP contribution in [0.1, 0.15) is 27.2 Å². The average molecular weight is 228 g/mol. The lowest BCUT2D eigenvalue weighted by Gasteiger charge is -2.14. The molecule has 1 aromatic heterocycles. The molecule has 4 nitrogen and oxygen atoms in total. The molecule has 2 N–H and O–H groups in total. The average Bonchev–Trinajstić information content (AvgIpc) is 2.60. The topological polar surface area (TPSA) is 58.2 Å². The summed E-state index contributed by atoms with van der Waals surface area (Å²) in [7, 11) is 0. The van der Waals surface area contributed by atoms with Crippen molar-refractivity contribution in [2.45, 2.75) is 19.3 Å². The van der Waals surface area contributed by atoms with Crippen molar-refractivity contribution in [2.24, 2.45) is 0 Å². The van der Waals surface area contributed by atoms with E-state index in [4.69, 9.17) is 0 Å². The minimum absolute atomic E-state index is 0.198. The molecule has 74 valence electrons. The number of fused-ring (bicyclic) bond motifs is 3. The fourth-order valence-electron chi connectivity index (χ4n) is 1.96. The lowest BCUT2D eigenvalue weighted by atomic mass is 10.1. The third-order valence-electron chi connectivity index (χ3n) is 2.52. The predicted molar refractivity (Wildman–Crippen MR) is 55.6 cm³/mol.